The molecule has 1 N–H and O–H groups in total. The number of ether oxygens (including phenoxy) is 1. The molecular weight excluding hydrogens is 216 g/mol. The van der Waals surface area contributed by atoms with E-state index in [4.69, 9.17) is 4.74 Å². The molecule has 98 valence electrons. The summed E-state index contributed by atoms with van der Waals surface area (Å²) in [6, 6.07) is 0. The SMILES string of the molecule is COCCC1CCN(C(=O)C2CCNC2)CC1. The maximum Gasteiger partial charge on any atom is 0.227 e. The lowest BCUT2D eigenvalue weighted by Gasteiger charge is -2.33. The first-order valence-corrected chi connectivity index (χ1v) is 6.79. The van der Waals surface area contributed by atoms with E-state index in [1.807, 2.05) is 0 Å². The predicted molar refractivity (Wildman–Crippen MR) is 66.8 cm³/mol. The number of nitrogens with one attached hydrogen (secondary N) is 1. The average Bonchev–Trinajstić information content (AvgIpc) is 2.90. The van der Waals surface area contributed by atoms with Crippen molar-refractivity contribution in [1.82, 2.24) is 10.2 Å². The van der Waals surface area contributed by atoms with Crippen molar-refractivity contribution in [2.75, 3.05) is 39.9 Å². The predicted octanol–water partition coefficient (Wildman–Crippen LogP) is 0.871. The Kier molecular flexibility index (Phi) is 4.80. The van der Waals surface area contributed by atoms with Gasteiger partial charge in [-0.2, -0.15) is 0 Å². The molecule has 0 aromatic rings. The maximum atomic E-state index is 12.2. The lowest BCUT2D eigenvalue weighted by molar-refractivity contribution is -0.136. The van der Waals surface area contributed by atoms with Crippen molar-refractivity contribution < 1.29 is 9.53 Å². The molecule has 2 aliphatic heterocycles. The Morgan fingerprint density at radius 3 is 2.71 bits per heavy atom. The lowest BCUT2D eigenvalue weighted by Crippen LogP contribution is -2.42. The van der Waals surface area contributed by atoms with Crippen LogP contribution >= 0.6 is 0 Å². The first-order valence-electron chi connectivity index (χ1n) is 6.79. The number of rotatable bonds is 4. The van der Waals surface area contributed by atoms with E-state index in [0.717, 1.165) is 64.4 Å². The normalized spacial score (nSPS) is 26.4. The van der Waals surface area contributed by atoms with E-state index in [9.17, 15) is 4.79 Å². The zero-order valence-electron chi connectivity index (χ0n) is 10.8. The number of nitrogens with zero attached hydrogens (tertiary/aromatic N) is 1. The Hall–Kier alpha value is -0.610. The second-order valence-electron chi connectivity index (χ2n) is 5.24. The Morgan fingerprint density at radius 1 is 1.35 bits per heavy atom. The molecule has 0 bridgehead atoms. The van der Waals surface area contributed by atoms with Gasteiger partial charge in [-0.15, -0.1) is 0 Å². The molecular formula is C13H24N2O2. The second kappa shape index (κ2) is 6.36. The Bertz CT molecular complexity index is 244. The van der Waals surface area contributed by atoms with Crippen LogP contribution in [0, 0.1) is 11.8 Å². The van der Waals surface area contributed by atoms with Gasteiger partial charge in [-0.25, -0.2) is 0 Å². The molecule has 1 unspecified atom stereocenters. The van der Waals surface area contributed by atoms with Gasteiger partial charge in [-0.05, 0) is 38.1 Å². The van der Waals surface area contributed by atoms with Crippen molar-refractivity contribution in [2.24, 2.45) is 11.8 Å². The number of likely N-dealkylation sites (tertiary alicyclic amines) is 1. The van der Waals surface area contributed by atoms with Crippen LogP contribution in [0.1, 0.15) is 25.7 Å². The molecule has 2 aliphatic rings. The monoisotopic (exact) mass is 240 g/mol. The molecule has 0 aromatic heterocycles. The van der Waals surface area contributed by atoms with Crippen LogP contribution in [-0.2, 0) is 9.53 Å². The highest BCUT2D eigenvalue weighted by Gasteiger charge is 2.29. The minimum absolute atomic E-state index is 0.241. The van der Waals surface area contributed by atoms with E-state index >= 15 is 0 Å². The largest absolute Gasteiger partial charge is 0.385 e. The van der Waals surface area contributed by atoms with Gasteiger partial charge in [-0.1, -0.05) is 0 Å². The number of piperidine rings is 1. The van der Waals surface area contributed by atoms with Gasteiger partial charge in [0.25, 0.3) is 0 Å². The molecule has 2 heterocycles. The van der Waals surface area contributed by atoms with Crippen LogP contribution in [0.3, 0.4) is 0 Å². The van der Waals surface area contributed by atoms with Gasteiger partial charge < -0.3 is 15.0 Å². The first-order chi connectivity index (χ1) is 8.31. The smallest absolute Gasteiger partial charge is 0.227 e. The summed E-state index contributed by atoms with van der Waals surface area (Å²) in [4.78, 5) is 14.3. The van der Waals surface area contributed by atoms with Crippen LogP contribution in [0.25, 0.3) is 0 Å². The van der Waals surface area contributed by atoms with Crippen LogP contribution in [0.15, 0.2) is 0 Å². The van der Waals surface area contributed by atoms with Gasteiger partial charge in [-0.3, -0.25) is 4.79 Å². The molecule has 2 saturated heterocycles. The van der Waals surface area contributed by atoms with Crippen LogP contribution in [0.4, 0.5) is 0 Å². The average molecular weight is 240 g/mol. The maximum absolute atomic E-state index is 12.2. The lowest BCUT2D eigenvalue weighted by atomic mass is 9.93. The van der Waals surface area contributed by atoms with Crippen LogP contribution in [0.5, 0.6) is 0 Å². The summed E-state index contributed by atoms with van der Waals surface area (Å²) in [6.07, 6.45) is 4.45. The highest BCUT2D eigenvalue weighted by molar-refractivity contribution is 5.79. The van der Waals surface area contributed by atoms with Crippen molar-refractivity contribution >= 4 is 5.91 Å². The summed E-state index contributed by atoms with van der Waals surface area (Å²) in [5.41, 5.74) is 0. The fraction of sp³-hybridized carbons (Fsp3) is 0.923. The Labute approximate surface area is 104 Å². The minimum Gasteiger partial charge on any atom is -0.385 e. The van der Waals surface area contributed by atoms with Crippen LogP contribution in [0.2, 0.25) is 0 Å². The van der Waals surface area contributed by atoms with Gasteiger partial charge in [0.15, 0.2) is 0 Å². The zero-order valence-corrected chi connectivity index (χ0v) is 10.8. The summed E-state index contributed by atoms with van der Waals surface area (Å²) in [5, 5.41) is 3.26. The van der Waals surface area contributed by atoms with E-state index in [2.05, 4.69) is 10.2 Å². The number of carbonyl (C=O) groups is 1. The third-order valence-corrected chi connectivity index (χ3v) is 4.07. The number of methoxy groups -OCH3 is 1. The molecule has 0 spiro atoms. The topological polar surface area (TPSA) is 41.6 Å². The molecule has 0 radical (unpaired) electrons. The summed E-state index contributed by atoms with van der Waals surface area (Å²) in [5.74, 6) is 1.37. The van der Waals surface area contributed by atoms with Gasteiger partial charge >= 0.3 is 0 Å². The van der Waals surface area contributed by atoms with Gasteiger partial charge in [0.05, 0.1) is 5.92 Å². The third-order valence-electron chi connectivity index (χ3n) is 4.07. The standard InChI is InChI=1S/C13H24N2O2/c1-17-9-5-11-3-7-15(8-4-11)13(16)12-2-6-14-10-12/h11-12,14H,2-10H2,1H3. The molecule has 2 rings (SSSR count). The number of carbonyl (C=O) groups excluding carboxylic acids is 1. The molecule has 4 heteroatoms. The van der Waals surface area contributed by atoms with E-state index in [1.54, 1.807) is 7.11 Å². The molecule has 17 heavy (non-hydrogen) atoms. The van der Waals surface area contributed by atoms with E-state index in [1.165, 1.54) is 0 Å². The molecule has 0 saturated carbocycles. The van der Waals surface area contributed by atoms with Gasteiger partial charge in [0, 0.05) is 33.4 Å². The van der Waals surface area contributed by atoms with Crippen molar-refractivity contribution in [3.05, 3.63) is 0 Å². The van der Waals surface area contributed by atoms with Crippen molar-refractivity contribution in [1.29, 1.82) is 0 Å². The van der Waals surface area contributed by atoms with E-state index < -0.39 is 0 Å². The van der Waals surface area contributed by atoms with Crippen LogP contribution in [-0.4, -0.2) is 50.7 Å². The highest BCUT2D eigenvalue weighted by atomic mass is 16.5. The summed E-state index contributed by atoms with van der Waals surface area (Å²) in [6.45, 7) is 4.63. The van der Waals surface area contributed by atoms with Crippen molar-refractivity contribution in [3.63, 3.8) is 0 Å². The molecule has 1 amide bonds. The molecule has 0 aromatic carbocycles. The number of hydrogen-bond acceptors (Lipinski definition) is 3. The van der Waals surface area contributed by atoms with Crippen molar-refractivity contribution in [3.8, 4) is 0 Å². The van der Waals surface area contributed by atoms with Crippen molar-refractivity contribution in [2.45, 2.75) is 25.7 Å². The fourth-order valence-electron chi connectivity index (χ4n) is 2.85. The quantitative estimate of drug-likeness (QED) is 0.793. The molecule has 4 nitrogen and oxygen atoms in total. The minimum atomic E-state index is 0.241. The highest BCUT2D eigenvalue weighted by Crippen LogP contribution is 2.22. The third kappa shape index (κ3) is 3.42. The second-order valence-corrected chi connectivity index (χ2v) is 5.24. The van der Waals surface area contributed by atoms with Gasteiger partial charge in [0.2, 0.25) is 5.91 Å². The summed E-state index contributed by atoms with van der Waals surface area (Å²) in [7, 11) is 1.76. The summed E-state index contributed by atoms with van der Waals surface area (Å²) < 4.78 is 5.11. The number of hydrogen-bond donors (Lipinski definition) is 1. The first kappa shape index (κ1) is 12.8. The zero-order chi connectivity index (χ0) is 12.1. The van der Waals surface area contributed by atoms with E-state index in [-0.39, 0.29) is 5.92 Å². The Morgan fingerprint density at radius 2 is 2.12 bits per heavy atom. The van der Waals surface area contributed by atoms with Crippen LogP contribution < -0.4 is 5.32 Å². The molecule has 2 fully saturated rings. The molecule has 0 aliphatic carbocycles. The van der Waals surface area contributed by atoms with E-state index in [0.29, 0.717) is 5.91 Å². The fourth-order valence-corrected chi connectivity index (χ4v) is 2.85. The molecule has 1 atom stereocenters. The van der Waals surface area contributed by atoms with Gasteiger partial charge in [0.1, 0.15) is 0 Å². The summed E-state index contributed by atoms with van der Waals surface area (Å²) >= 11 is 0. The number of amides is 1. The Balaban J connectivity index is 1.72.